The van der Waals surface area contributed by atoms with Gasteiger partial charge in [-0.05, 0) is 19.1 Å². The second kappa shape index (κ2) is 13.0. The van der Waals surface area contributed by atoms with Gasteiger partial charge >= 0.3 is 24.3 Å². The Morgan fingerprint density at radius 2 is 1.69 bits per heavy atom. The monoisotopic (exact) mass is 514 g/mol. The van der Waals surface area contributed by atoms with Gasteiger partial charge in [0.05, 0.1) is 18.0 Å². The van der Waals surface area contributed by atoms with Crippen LogP contribution in [0.25, 0.3) is 0 Å². The lowest BCUT2D eigenvalue weighted by atomic mass is 9.95. The van der Waals surface area contributed by atoms with Gasteiger partial charge in [0, 0.05) is 57.2 Å². The van der Waals surface area contributed by atoms with Gasteiger partial charge in [-0.15, -0.1) is 0 Å². The van der Waals surface area contributed by atoms with Crippen molar-refractivity contribution in [3.8, 4) is 0 Å². The SMILES string of the molecule is CCOCC1CN(Cc2ccccn2)Cc2nn(C)cc21.O=C(O)C(F)(F)F.O=C(O)C(F)(F)F. The Kier molecular flexibility index (Phi) is 11.1. The molecule has 0 spiro atoms. The lowest BCUT2D eigenvalue weighted by Gasteiger charge is -2.31. The van der Waals surface area contributed by atoms with E-state index in [1.807, 2.05) is 37.0 Å². The van der Waals surface area contributed by atoms with Gasteiger partial charge in [-0.3, -0.25) is 14.6 Å². The van der Waals surface area contributed by atoms with E-state index < -0.39 is 24.3 Å². The van der Waals surface area contributed by atoms with Gasteiger partial charge < -0.3 is 14.9 Å². The number of ether oxygens (including phenoxy) is 1. The zero-order valence-electron chi connectivity index (χ0n) is 18.7. The van der Waals surface area contributed by atoms with Crippen LogP contribution in [-0.4, -0.2) is 73.9 Å². The van der Waals surface area contributed by atoms with E-state index in [-0.39, 0.29) is 0 Å². The number of pyridine rings is 1. The molecule has 0 bridgehead atoms. The van der Waals surface area contributed by atoms with Gasteiger partial charge in [0.15, 0.2) is 0 Å². The summed E-state index contributed by atoms with van der Waals surface area (Å²) in [7, 11) is 1.99. The van der Waals surface area contributed by atoms with Crippen LogP contribution >= 0.6 is 0 Å². The maximum atomic E-state index is 10.6. The van der Waals surface area contributed by atoms with Crippen LogP contribution < -0.4 is 0 Å². The van der Waals surface area contributed by atoms with Crippen molar-refractivity contribution in [1.29, 1.82) is 0 Å². The molecule has 3 heterocycles. The van der Waals surface area contributed by atoms with E-state index in [0.29, 0.717) is 5.92 Å². The molecule has 1 atom stereocenters. The maximum absolute atomic E-state index is 10.6. The first kappa shape index (κ1) is 29.8. The van der Waals surface area contributed by atoms with E-state index in [1.54, 1.807) is 0 Å². The van der Waals surface area contributed by atoms with Crippen LogP contribution in [0.3, 0.4) is 0 Å². The minimum Gasteiger partial charge on any atom is -0.475 e. The van der Waals surface area contributed by atoms with Crippen LogP contribution in [0, 0.1) is 0 Å². The van der Waals surface area contributed by atoms with Gasteiger partial charge in [0.2, 0.25) is 0 Å². The highest BCUT2D eigenvalue weighted by Crippen LogP contribution is 2.28. The third kappa shape index (κ3) is 10.7. The number of carboxylic acid groups (broad SMARTS) is 2. The number of aliphatic carboxylic acids is 2. The summed E-state index contributed by atoms with van der Waals surface area (Å²) in [4.78, 5) is 24.6. The third-order valence-electron chi connectivity index (χ3n) is 4.35. The maximum Gasteiger partial charge on any atom is 0.490 e. The van der Waals surface area contributed by atoms with Crippen LogP contribution in [0.4, 0.5) is 26.3 Å². The lowest BCUT2D eigenvalue weighted by molar-refractivity contribution is -0.193. The average molecular weight is 514 g/mol. The summed E-state index contributed by atoms with van der Waals surface area (Å²) in [5, 5.41) is 18.9. The highest BCUT2D eigenvalue weighted by Gasteiger charge is 2.38. The summed E-state index contributed by atoms with van der Waals surface area (Å²) in [6, 6.07) is 6.07. The minimum absolute atomic E-state index is 0.395. The van der Waals surface area contributed by atoms with Crippen LogP contribution in [0.1, 0.15) is 29.8 Å². The Morgan fingerprint density at radius 1 is 1.11 bits per heavy atom. The zero-order chi connectivity index (χ0) is 26.8. The number of aryl methyl sites for hydroxylation is 1. The number of alkyl halides is 6. The number of halogens is 6. The number of nitrogens with zero attached hydrogens (tertiary/aromatic N) is 4. The molecule has 15 heteroatoms. The Labute approximate surface area is 195 Å². The van der Waals surface area contributed by atoms with Crippen LogP contribution in [0.5, 0.6) is 0 Å². The molecule has 2 N–H and O–H groups in total. The molecule has 2 aromatic heterocycles. The molecule has 0 saturated heterocycles. The molecule has 1 aliphatic rings. The van der Waals surface area contributed by atoms with Crippen molar-refractivity contribution >= 4 is 11.9 Å². The van der Waals surface area contributed by atoms with Crippen molar-refractivity contribution in [3.05, 3.63) is 47.5 Å². The lowest BCUT2D eigenvalue weighted by Crippen LogP contribution is -2.35. The van der Waals surface area contributed by atoms with E-state index in [9.17, 15) is 26.3 Å². The average Bonchev–Trinajstić information content (AvgIpc) is 3.12. The normalized spacial score (nSPS) is 15.7. The first-order valence-corrected chi connectivity index (χ1v) is 9.97. The molecule has 35 heavy (non-hydrogen) atoms. The molecule has 0 saturated carbocycles. The number of hydrogen-bond acceptors (Lipinski definition) is 6. The summed E-state index contributed by atoms with van der Waals surface area (Å²) in [6.45, 7) is 6.29. The molecule has 3 rings (SSSR count). The van der Waals surface area contributed by atoms with Gasteiger partial charge in [0.1, 0.15) is 0 Å². The molecule has 2 aromatic rings. The van der Waals surface area contributed by atoms with Gasteiger partial charge in [-0.2, -0.15) is 31.4 Å². The van der Waals surface area contributed by atoms with Crippen molar-refractivity contribution in [2.24, 2.45) is 7.05 Å². The van der Waals surface area contributed by atoms with Gasteiger partial charge in [-0.1, -0.05) is 6.07 Å². The van der Waals surface area contributed by atoms with Crippen molar-refractivity contribution in [3.63, 3.8) is 0 Å². The highest BCUT2D eigenvalue weighted by atomic mass is 19.4. The van der Waals surface area contributed by atoms with Crippen LogP contribution in [-0.2, 0) is 34.5 Å². The third-order valence-corrected chi connectivity index (χ3v) is 4.35. The topological polar surface area (TPSA) is 118 Å². The van der Waals surface area contributed by atoms with Crippen molar-refractivity contribution in [2.45, 2.75) is 38.3 Å². The van der Waals surface area contributed by atoms with Gasteiger partial charge in [-0.25, -0.2) is 9.59 Å². The smallest absolute Gasteiger partial charge is 0.475 e. The number of rotatable bonds is 5. The molecular formula is C20H24F6N4O5. The highest BCUT2D eigenvalue weighted by molar-refractivity contribution is 5.73. The predicted molar refractivity (Wildman–Crippen MR) is 108 cm³/mol. The molecule has 0 aromatic carbocycles. The summed E-state index contributed by atoms with van der Waals surface area (Å²) < 4.78 is 71.0. The van der Waals surface area contributed by atoms with Gasteiger partial charge in [0.25, 0.3) is 0 Å². The Hall–Kier alpha value is -3.20. The quantitative estimate of drug-likeness (QED) is 0.585. The number of carboxylic acids is 2. The molecule has 9 nitrogen and oxygen atoms in total. The second-order valence-corrected chi connectivity index (χ2v) is 7.16. The fraction of sp³-hybridized carbons (Fsp3) is 0.500. The first-order chi connectivity index (χ1) is 16.1. The standard InChI is InChI=1S/C16H22N4O.2C2HF3O2/c1-3-21-12-13-8-20(9-14-6-4-5-7-17-14)11-16-15(13)10-19(2)18-16;2*3-2(4,5)1(6)7/h4-7,10,13H,3,8-9,11-12H2,1-2H3;2*(H,6,7). The number of hydrogen-bond donors (Lipinski definition) is 2. The van der Waals surface area contributed by atoms with Crippen molar-refractivity contribution in [1.82, 2.24) is 19.7 Å². The Balaban J connectivity index is 0.000000362. The largest absolute Gasteiger partial charge is 0.490 e. The molecule has 1 aliphatic heterocycles. The second-order valence-electron chi connectivity index (χ2n) is 7.16. The number of aromatic nitrogens is 3. The molecule has 196 valence electrons. The number of fused-ring (bicyclic) bond motifs is 1. The molecule has 0 radical (unpaired) electrons. The fourth-order valence-electron chi connectivity index (χ4n) is 2.95. The van der Waals surface area contributed by atoms with E-state index in [0.717, 1.165) is 38.5 Å². The zero-order valence-corrected chi connectivity index (χ0v) is 18.7. The Bertz CT molecular complexity index is 926. The molecule has 0 fully saturated rings. The molecule has 0 amide bonds. The predicted octanol–water partition coefficient (Wildman–Crippen LogP) is 3.22. The van der Waals surface area contributed by atoms with Crippen molar-refractivity contribution < 1.29 is 50.9 Å². The Morgan fingerprint density at radius 3 is 2.14 bits per heavy atom. The van der Waals surface area contributed by atoms with E-state index >= 15 is 0 Å². The fourth-order valence-corrected chi connectivity index (χ4v) is 2.95. The summed E-state index contributed by atoms with van der Waals surface area (Å²) in [6.07, 6.45) is -6.18. The van der Waals surface area contributed by atoms with Crippen LogP contribution in [0.2, 0.25) is 0 Å². The van der Waals surface area contributed by atoms with E-state index in [2.05, 4.69) is 27.2 Å². The minimum atomic E-state index is -5.08. The van der Waals surface area contributed by atoms with E-state index in [1.165, 1.54) is 11.3 Å². The summed E-state index contributed by atoms with van der Waals surface area (Å²) >= 11 is 0. The number of carbonyl (C=O) groups is 2. The van der Waals surface area contributed by atoms with Crippen LogP contribution in [0.15, 0.2) is 30.6 Å². The molecule has 1 unspecified atom stereocenters. The summed E-state index contributed by atoms with van der Waals surface area (Å²) in [5.41, 5.74) is 3.61. The van der Waals surface area contributed by atoms with E-state index in [4.69, 9.17) is 24.5 Å². The first-order valence-electron chi connectivity index (χ1n) is 9.97. The summed E-state index contributed by atoms with van der Waals surface area (Å²) in [5.74, 6) is -5.12. The molecule has 0 aliphatic carbocycles. The van der Waals surface area contributed by atoms with Crippen molar-refractivity contribution in [2.75, 3.05) is 19.8 Å². The molecular weight excluding hydrogens is 490 g/mol.